The molecule has 7 nitrogen and oxygen atoms in total. The third kappa shape index (κ3) is 4.29. The number of H-pyrrole nitrogens is 1. The van der Waals surface area contributed by atoms with E-state index < -0.39 is 11.3 Å². The Morgan fingerprint density at radius 3 is 2.87 bits per heavy atom. The maximum absolute atomic E-state index is 12.4. The van der Waals surface area contributed by atoms with Crippen molar-refractivity contribution in [2.24, 2.45) is 0 Å². The first kappa shape index (κ1) is 17.0. The lowest BCUT2D eigenvalue weighted by molar-refractivity contribution is 0.0943. The number of nitrogens with zero attached hydrogens (tertiary/aromatic N) is 1. The van der Waals surface area contributed by atoms with Gasteiger partial charge in [-0.3, -0.25) is 9.59 Å². The van der Waals surface area contributed by atoms with Gasteiger partial charge in [-0.15, -0.1) is 0 Å². The third-order valence-corrected chi connectivity index (χ3v) is 3.19. The van der Waals surface area contributed by atoms with Gasteiger partial charge in [-0.2, -0.15) is 0 Å². The summed E-state index contributed by atoms with van der Waals surface area (Å²) in [6.45, 7) is 5.87. The number of carbonyl (C=O) groups is 1. The van der Waals surface area contributed by atoms with Crippen LogP contribution in [0, 0.1) is 0 Å². The molecule has 0 saturated carbocycles. The Labute approximate surface area is 134 Å². The van der Waals surface area contributed by atoms with Gasteiger partial charge in [-0.1, -0.05) is 0 Å². The van der Waals surface area contributed by atoms with Crippen LogP contribution < -0.4 is 15.5 Å². The Balaban J connectivity index is 2.15. The quantitative estimate of drug-likeness (QED) is 0.719. The summed E-state index contributed by atoms with van der Waals surface area (Å²) < 4.78 is 10.5. The molecule has 124 valence electrons. The fourth-order valence-corrected chi connectivity index (χ4v) is 2.09. The van der Waals surface area contributed by atoms with Gasteiger partial charge in [0.1, 0.15) is 11.1 Å². The molecule has 0 saturated heterocycles. The summed E-state index contributed by atoms with van der Waals surface area (Å²) in [5.41, 5.74) is 0.377. The van der Waals surface area contributed by atoms with E-state index in [0.29, 0.717) is 44.2 Å². The first-order valence-electron chi connectivity index (χ1n) is 7.68. The summed E-state index contributed by atoms with van der Waals surface area (Å²) in [4.78, 5) is 31.6. The first-order valence-corrected chi connectivity index (χ1v) is 7.68. The lowest BCUT2D eigenvalue weighted by Gasteiger charge is -2.07. The van der Waals surface area contributed by atoms with Crippen LogP contribution in [-0.2, 0) is 4.74 Å². The lowest BCUT2D eigenvalue weighted by atomic mass is 10.2. The van der Waals surface area contributed by atoms with Gasteiger partial charge in [0, 0.05) is 32.0 Å². The van der Waals surface area contributed by atoms with Crippen molar-refractivity contribution in [3.63, 3.8) is 0 Å². The van der Waals surface area contributed by atoms with E-state index >= 15 is 0 Å². The minimum Gasteiger partial charge on any atom is -0.478 e. The molecule has 0 radical (unpaired) electrons. The average Bonchev–Trinajstić information content (AvgIpc) is 2.55. The molecule has 0 aliphatic rings. The molecule has 2 heterocycles. The monoisotopic (exact) mass is 319 g/mol. The summed E-state index contributed by atoms with van der Waals surface area (Å²) in [5, 5.41) is 2.71. The van der Waals surface area contributed by atoms with E-state index in [0.717, 1.165) is 0 Å². The molecule has 0 spiro atoms. The molecule has 0 aromatic carbocycles. The Morgan fingerprint density at radius 2 is 2.13 bits per heavy atom. The first-order chi connectivity index (χ1) is 11.2. The van der Waals surface area contributed by atoms with Crippen molar-refractivity contribution in [3.05, 3.63) is 34.1 Å². The molecule has 0 atom stereocenters. The smallest absolute Gasteiger partial charge is 0.256 e. The van der Waals surface area contributed by atoms with Crippen molar-refractivity contribution in [2.75, 3.05) is 26.4 Å². The van der Waals surface area contributed by atoms with E-state index in [1.165, 1.54) is 6.20 Å². The van der Waals surface area contributed by atoms with Crippen molar-refractivity contribution in [1.82, 2.24) is 15.3 Å². The van der Waals surface area contributed by atoms with Gasteiger partial charge in [-0.05, 0) is 26.3 Å². The van der Waals surface area contributed by atoms with Crippen LogP contribution in [0.15, 0.2) is 23.1 Å². The average molecular weight is 319 g/mol. The molecule has 1 amide bonds. The molecular formula is C16H21N3O4. The van der Waals surface area contributed by atoms with Crippen molar-refractivity contribution in [3.8, 4) is 5.88 Å². The van der Waals surface area contributed by atoms with Crippen LogP contribution in [0.4, 0.5) is 0 Å². The van der Waals surface area contributed by atoms with E-state index in [2.05, 4.69) is 15.3 Å². The van der Waals surface area contributed by atoms with Gasteiger partial charge in [-0.25, -0.2) is 4.98 Å². The zero-order chi connectivity index (χ0) is 16.7. The molecule has 2 aromatic rings. The van der Waals surface area contributed by atoms with E-state index in [1.54, 1.807) is 12.1 Å². The summed E-state index contributed by atoms with van der Waals surface area (Å²) in [5.74, 6) is -0.0620. The number of pyridine rings is 2. The second-order valence-corrected chi connectivity index (χ2v) is 4.82. The minimum atomic E-state index is -0.423. The fraction of sp³-hybridized carbons (Fsp3) is 0.438. The fourth-order valence-electron chi connectivity index (χ4n) is 2.09. The van der Waals surface area contributed by atoms with Crippen molar-refractivity contribution in [2.45, 2.75) is 20.3 Å². The molecule has 0 fully saturated rings. The largest absolute Gasteiger partial charge is 0.478 e. The van der Waals surface area contributed by atoms with Crippen molar-refractivity contribution in [1.29, 1.82) is 0 Å². The predicted octanol–water partition coefficient (Wildman–Crippen LogP) is 1.48. The minimum absolute atomic E-state index is 0.0371. The molecule has 0 unspecified atom stereocenters. The maximum Gasteiger partial charge on any atom is 0.256 e. The van der Waals surface area contributed by atoms with Crippen LogP contribution >= 0.6 is 0 Å². The van der Waals surface area contributed by atoms with E-state index in [9.17, 15) is 9.59 Å². The van der Waals surface area contributed by atoms with E-state index in [-0.39, 0.29) is 11.1 Å². The molecular weight excluding hydrogens is 298 g/mol. The SMILES string of the molecule is CCOCCCNC(=O)c1c[nH]c2ccc(OCC)nc2c1=O. The van der Waals surface area contributed by atoms with Gasteiger partial charge < -0.3 is 19.8 Å². The number of hydrogen-bond donors (Lipinski definition) is 2. The number of aromatic amines is 1. The van der Waals surface area contributed by atoms with Gasteiger partial charge in [0.2, 0.25) is 11.3 Å². The normalized spacial score (nSPS) is 10.7. The van der Waals surface area contributed by atoms with E-state index in [4.69, 9.17) is 9.47 Å². The topological polar surface area (TPSA) is 93.3 Å². The van der Waals surface area contributed by atoms with Gasteiger partial charge >= 0.3 is 0 Å². The van der Waals surface area contributed by atoms with Crippen LogP contribution in [0.5, 0.6) is 5.88 Å². The highest BCUT2D eigenvalue weighted by Crippen LogP contribution is 2.12. The van der Waals surface area contributed by atoms with Gasteiger partial charge in [0.05, 0.1) is 12.1 Å². The second kappa shape index (κ2) is 8.28. The summed E-state index contributed by atoms with van der Waals surface area (Å²) in [7, 11) is 0. The lowest BCUT2D eigenvalue weighted by Crippen LogP contribution is -2.30. The van der Waals surface area contributed by atoms with Crippen LogP contribution in [0.25, 0.3) is 11.0 Å². The molecule has 0 aliphatic heterocycles. The Bertz CT molecular complexity index is 727. The molecule has 2 N–H and O–H groups in total. The van der Waals surface area contributed by atoms with Crippen LogP contribution in [0.1, 0.15) is 30.6 Å². The highest BCUT2D eigenvalue weighted by molar-refractivity contribution is 5.96. The molecule has 0 aliphatic carbocycles. The molecule has 7 heteroatoms. The molecule has 23 heavy (non-hydrogen) atoms. The Kier molecular flexibility index (Phi) is 6.10. The Morgan fingerprint density at radius 1 is 1.30 bits per heavy atom. The van der Waals surface area contributed by atoms with Gasteiger partial charge in [0.25, 0.3) is 5.91 Å². The van der Waals surface area contributed by atoms with Gasteiger partial charge in [0.15, 0.2) is 0 Å². The number of hydrogen-bond acceptors (Lipinski definition) is 5. The number of carbonyl (C=O) groups excluding carboxylic acids is 1. The zero-order valence-corrected chi connectivity index (χ0v) is 13.3. The number of rotatable bonds is 8. The number of ether oxygens (including phenoxy) is 2. The maximum atomic E-state index is 12.4. The highest BCUT2D eigenvalue weighted by Gasteiger charge is 2.14. The zero-order valence-electron chi connectivity index (χ0n) is 13.3. The molecule has 2 aromatic heterocycles. The number of amides is 1. The summed E-state index contributed by atoms with van der Waals surface area (Å²) in [6, 6.07) is 3.38. The molecule has 2 rings (SSSR count). The van der Waals surface area contributed by atoms with Crippen LogP contribution in [0.3, 0.4) is 0 Å². The number of nitrogens with one attached hydrogen (secondary N) is 2. The Hall–Kier alpha value is -2.41. The second-order valence-electron chi connectivity index (χ2n) is 4.82. The number of aromatic nitrogens is 2. The highest BCUT2D eigenvalue weighted by atomic mass is 16.5. The summed E-state index contributed by atoms with van der Waals surface area (Å²) >= 11 is 0. The van der Waals surface area contributed by atoms with Crippen molar-refractivity contribution >= 4 is 16.9 Å². The van der Waals surface area contributed by atoms with E-state index in [1.807, 2.05) is 13.8 Å². The molecule has 0 bridgehead atoms. The predicted molar refractivity (Wildman–Crippen MR) is 87.0 cm³/mol. The summed E-state index contributed by atoms with van der Waals surface area (Å²) in [6.07, 6.45) is 2.10. The standard InChI is InChI=1S/C16H21N3O4/c1-3-22-9-5-8-17-16(21)11-10-18-12-6-7-13(23-4-2)19-14(12)15(11)20/h6-7,10H,3-5,8-9H2,1-2H3,(H,17,21)(H,18,20). The van der Waals surface area contributed by atoms with Crippen LogP contribution in [-0.4, -0.2) is 42.2 Å². The van der Waals surface area contributed by atoms with Crippen molar-refractivity contribution < 1.29 is 14.3 Å². The van der Waals surface area contributed by atoms with Crippen LogP contribution in [0.2, 0.25) is 0 Å². The number of fused-ring (bicyclic) bond motifs is 1. The third-order valence-electron chi connectivity index (χ3n) is 3.19.